The first-order valence-electron chi connectivity index (χ1n) is 4.65. The van der Waals surface area contributed by atoms with Gasteiger partial charge in [0.25, 0.3) is 0 Å². The second-order valence-corrected chi connectivity index (χ2v) is 3.61. The maximum absolute atomic E-state index is 10.5. The van der Waals surface area contributed by atoms with Crippen LogP contribution in [0.1, 0.15) is 15.9 Å². The molecule has 0 saturated heterocycles. The number of nitrogens with zero attached hydrogens (tertiary/aromatic N) is 2. The van der Waals surface area contributed by atoms with Crippen molar-refractivity contribution < 1.29 is 4.79 Å². The van der Waals surface area contributed by atoms with Crippen LogP contribution in [-0.4, -0.2) is 12.5 Å². The molecule has 0 unspecified atom stereocenters. The van der Waals surface area contributed by atoms with Crippen molar-refractivity contribution in [3.8, 4) is 6.07 Å². The molecule has 0 fully saturated rings. The van der Waals surface area contributed by atoms with E-state index in [9.17, 15) is 4.79 Å². The largest absolute Gasteiger partial charge is 0.298 e. The van der Waals surface area contributed by atoms with Gasteiger partial charge >= 0.3 is 0 Å². The Morgan fingerprint density at radius 3 is 2.71 bits per heavy atom. The van der Waals surface area contributed by atoms with Crippen molar-refractivity contribution in [1.82, 2.24) is 0 Å². The summed E-state index contributed by atoms with van der Waals surface area (Å²) in [5.74, 6) is 0. The number of hydrogen-bond donors (Lipinski definition) is 0. The molecule has 0 atom stereocenters. The van der Waals surface area contributed by atoms with E-state index in [2.05, 4.69) is 18.2 Å². The van der Waals surface area contributed by atoms with Crippen molar-refractivity contribution in [2.24, 2.45) is 4.99 Å². The molecule has 0 radical (unpaired) electrons. The molecule has 1 aromatic carbocycles. The van der Waals surface area contributed by atoms with Crippen LogP contribution in [0.5, 0.6) is 0 Å². The van der Waals surface area contributed by atoms with E-state index in [1.54, 1.807) is 24.3 Å². The summed E-state index contributed by atoms with van der Waals surface area (Å²) in [6.07, 6.45) is 2.12. The molecule has 0 amide bonds. The maximum atomic E-state index is 10.5. The smallest absolute Gasteiger partial charge is 0.150 e. The molecule has 0 saturated carbocycles. The Labute approximate surface area is 104 Å². The fourth-order valence-corrected chi connectivity index (χ4v) is 1.43. The minimum absolute atomic E-state index is 0.0896. The molecular weight excluding hydrogens is 236 g/mol. The fourth-order valence-electron chi connectivity index (χ4n) is 1.12. The zero-order valence-corrected chi connectivity index (χ0v) is 9.74. The Hall–Kier alpha value is -2.18. The van der Waals surface area contributed by atoms with Gasteiger partial charge in [-0.25, -0.2) is 4.99 Å². The summed E-state index contributed by atoms with van der Waals surface area (Å²) in [6.45, 7) is 7.18. The zero-order valence-electron chi connectivity index (χ0n) is 8.98. The molecule has 0 aliphatic heterocycles. The number of nitriles is 1. The highest BCUT2D eigenvalue weighted by atomic mass is 35.5. The molecule has 0 spiro atoms. The number of halogens is 1. The van der Waals surface area contributed by atoms with E-state index in [1.165, 1.54) is 6.21 Å². The van der Waals surface area contributed by atoms with Crippen LogP contribution in [0.15, 0.2) is 42.0 Å². The van der Waals surface area contributed by atoms with E-state index in [0.717, 1.165) is 0 Å². The molecule has 17 heavy (non-hydrogen) atoms. The van der Waals surface area contributed by atoms with Gasteiger partial charge < -0.3 is 0 Å². The minimum Gasteiger partial charge on any atom is -0.298 e. The summed E-state index contributed by atoms with van der Waals surface area (Å²) in [7, 11) is 0. The minimum atomic E-state index is 0.0896. The second kappa shape index (κ2) is 5.78. The summed E-state index contributed by atoms with van der Waals surface area (Å²) in [5.41, 5.74) is 1.78. The molecule has 1 aromatic rings. The molecule has 0 heterocycles. The van der Waals surface area contributed by atoms with Gasteiger partial charge in [0.2, 0.25) is 0 Å². The molecule has 0 bridgehead atoms. The summed E-state index contributed by atoms with van der Waals surface area (Å²) >= 11 is 5.98. The lowest BCUT2D eigenvalue weighted by atomic mass is 10.1. The monoisotopic (exact) mass is 244 g/mol. The molecule has 84 valence electrons. The molecule has 0 aliphatic rings. The van der Waals surface area contributed by atoms with Crippen LogP contribution >= 0.6 is 11.6 Å². The highest BCUT2D eigenvalue weighted by molar-refractivity contribution is 6.34. The summed E-state index contributed by atoms with van der Waals surface area (Å²) in [6, 6.07) is 6.64. The lowest BCUT2D eigenvalue weighted by Crippen LogP contribution is -1.89. The lowest BCUT2D eigenvalue weighted by molar-refractivity contribution is 0.112. The van der Waals surface area contributed by atoms with Crippen molar-refractivity contribution in [2.75, 3.05) is 0 Å². The molecule has 0 aromatic heterocycles. The van der Waals surface area contributed by atoms with Gasteiger partial charge in [0, 0.05) is 22.4 Å². The number of aldehydes is 1. The van der Waals surface area contributed by atoms with Crippen molar-refractivity contribution in [1.29, 1.82) is 5.26 Å². The van der Waals surface area contributed by atoms with E-state index in [-0.39, 0.29) is 5.70 Å². The van der Waals surface area contributed by atoms with Crippen molar-refractivity contribution >= 4 is 29.7 Å². The Bertz CT molecular complexity index is 553. The van der Waals surface area contributed by atoms with Crippen LogP contribution in [0.2, 0.25) is 5.02 Å². The number of rotatable bonds is 4. The Kier molecular flexibility index (Phi) is 4.38. The molecule has 0 N–H and O–H groups in total. The average molecular weight is 245 g/mol. The first kappa shape index (κ1) is 12.9. The van der Waals surface area contributed by atoms with Crippen LogP contribution < -0.4 is 0 Å². The third kappa shape index (κ3) is 3.40. The van der Waals surface area contributed by atoms with Crippen LogP contribution in [-0.2, 0) is 0 Å². The number of carbonyl (C=O) groups excluding carboxylic acids is 1. The molecule has 4 heteroatoms. The van der Waals surface area contributed by atoms with E-state index in [4.69, 9.17) is 16.9 Å². The van der Waals surface area contributed by atoms with Gasteiger partial charge in [-0.1, -0.05) is 36.9 Å². The van der Waals surface area contributed by atoms with E-state index in [0.29, 0.717) is 28.0 Å². The van der Waals surface area contributed by atoms with Gasteiger partial charge in [0.15, 0.2) is 0 Å². The van der Waals surface area contributed by atoms with Gasteiger partial charge in [-0.2, -0.15) is 5.26 Å². The number of carbonyl (C=O) groups is 1. The van der Waals surface area contributed by atoms with Gasteiger partial charge in [-0.3, -0.25) is 4.79 Å². The Morgan fingerprint density at radius 1 is 1.47 bits per heavy atom. The lowest BCUT2D eigenvalue weighted by Gasteiger charge is -2.03. The topological polar surface area (TPSA) is 53.2 Å². The number of hydrogen-bond acceptors (Lipinski definition) is 3. The number of benzene rings is 1. The summed E-state index contributed by atoms with van der Waals surface area (Å²) < 4.78 is 0. The molecule has 1 rings (SSSR count). The quantitative estimate of drug-likeness (QED) is 0.464. The van der Waals surface area contributed by atoms with E-state index >= 15 is 0 Å². The standard InChI is InChI=1S/C13H9ClN2O/c1-9(7-16-10(2)6-15)12-4-3-11(8-17)5-13(12)14/h3-5,7-8H,1-2H2/b16-7+. The fraction of sp³-hybridized carbons (Fsp3) is 0. The molecular formula is C13H9ClN2O. The van der Waals surface area contributed by atoms with E-state index in [1.807, 2.05) is 0 Å². The molecule has 0 aliphatic carbocycles. The summed E-state index contributed by atoms with van der Waals surface area (Å²) in [5, 5.41) is 8.89. The third-order valence-electron chi connectivity index (χ3n) is 1.98. The normalized spacial score (nSPS) is 9.88. The third-order valence-corrected chi connectivity index (χ3v) is 2.29. The predicted octanol–water partition coefficient (Wildman–Crippen LogP) is 3.27. The van der Waals surface area contributed by atoms with Crippen LogP contribution in [0.4, 0.5) is 0 Å². The zero-order chi connectivity index (χ0) is 12.8. The van der Waals surface area contributed by atoms with Gasteiger partial charge in [-0.15, -0.1) is 0 Å². The highest BCUT2D eigenvalue weighted by Crippen LogP contribution is 2.22. The van der Waals surface area contributed by atoms with Crippen molar-refractivity contribution in [3.05, 3.63) is 53.2 Å². The van der Waals surface area contributed by atoms with Crippen LogP contribution in [0, 0.1) is 11.3 Å². The number of allylic oxidation sites excluding steroid dienone is 2. The first-order valence-corrected chi connectivity index (χ1v) is 5.03. The predicted molar refractivity (Wildman–Crippen MR) is 69.1 cm³/mol. The first-order chi connectivity index (χ1) is 8.08. The number of aliphatic imine (C=N–C) groups is 1. The van der Waals surface area contributed by atoms with Gasteiger partial charge in [0.1, 0.15) is 18.1 Å². The highest BCUT2D eigenvalue weighted by Gasteiger charge is 2.03. The van der Waals surface area contributed by atoms with Crippen LogP contribution in [0.25, 0.3) is 5.57 Å². The van der Waals surface area contributed by atoms with E-state index < -0.39 is 0 Å². The average Bonchev–Trinajstić information content (AvgIpc) is 2.35. The summed E-state index contributed by atoms with van der Waals surface area (Å²) in [4.78, 5) is 14.3. The van der Waals surface area contributed by atoms with Crippen molar-refractivity contribution in [3.63, 3.8) is 0 Å². The molecule has 3 nitrogen and oxygen atoms in total. The van der Waals surface area contributed by atoms with Gasteiger partial charge in [0.05, 0.1) is 0 Å². The Balaban J connectivity index is 2.98. The van der Waals surface area contributed by atoms with Crippen molar-refractivity contribution in [2.45, 2.75) is 0 Å². The van der Waals surface area contributed by atoms with Crippen LogP contribution in [0.3, 0.4) is 0 Å². The second-order valence-electron chi connectivity index (χ2n) is 3.20. The SMILES string of the molecule is C=C(C#N)/N=C/C(=C)c1ccc(C=O)cc1Cl. The Morgan fingerprint density at radius 2 is 2.18 bits per heavy atom. The maximum Gasteiger partial charge on any atom is 0.150 e. The van der Waals surface area contributed by atoms with Gasteiger partial charge in [-0.05, 0) is 11.6 Å².